The van der Waals surface area contributed by atoms with Crippen molar-refractivity contribution in [2.24, 2.45) is 0 Å². The molecular formula is C24H29BrClFN4O4. The lowest BCUT2D eigenvalue weighted by Crippen LogP contribution is -2.57. The monoisotopic (exact) mass is 570 g/mol. The van der Waals surface area contributed by atoms with E-state index in [9.17, 15) is 4.79 Å². The quantitative estimate of drug-likeness (QED) is 0.461. The first kappa shape index (κ1) is 24.8. The molecule has 0 spiro atoms. The molecule has 1 aromatic heterocycles. The van der Waals surface area contributed by atoms with Gasteiger partial charge in [0.15, 0.2) is 5.82 Å². The van der Waals surface area contributed by atoms with Gasteiger partial charge in [-0.05, 0) is 55.6 Å². The van der Waals surface area contributed by atoms with E-state index in [0.29, 0.717) is 37.5 Å². The van der Waals surface area contributed by atoms with Gasteiger partial charge in [0.05, 0.1) is 34.8 Å². The van der Waals surface area contributed by atoms with Crippen LogP contribution in [0.2, 0.25) is 5.02 Å². The molecule has 0 N–H and O–H groups in total. The van der Waals surface area contributed by atoms with E-state index in [0.717, 1.165) is 25.7 Å². The van der Waals surface area contributed by atoms with Gasteiger partial charge in [0.2, 0.25) is 0 Å². The lowest BCUT2D eigenvalue weighted by molar-refractivity contribution is 0.0121. The summed E-state index contributed by atoms with van der Waals surface area (Å²) < 4.78 is 32.6. The summed E-state index contributed by atoms with van der Waals surface area (Å²) in [4.78, 5) is 26.0. The number of piperazine rings is 1. The van der Waals surface area contributed by atoms with E-state index in [1.165, 1.54) is 0 Å². The van der Waals surface area contributed by atoms with Crippen LogP contribution in [0, 0.1) is 5.82 Å². The highest BCUT2D eigenvalue weighted by Gasteiger charge is 2.45. The zero-order valence-electron chi connectivity index (χ0n) is 20.0. The third-order valence-corrected chi connectivity index (χ3v) is 7.91. The minimum Gasteiger partial charge on any atom is -0.460 e. The molecule has 11 heteroatoms. The number of carbonyl (C=O) groups excluding carboxylic acids is 1. The van der Waals surface area contributed by atoms with Crippen molar-refractivity contribution in [3.63, 3.8) is 0 Å². The zero-order chi connectivity index (χ0) is 24.9. The van der Waals surface area contributed by atoms with Crippen molar-refractivity contribution in [2.45, 2.75) is 70.2 Å². The average molecular weight is 572 g/mol. The number of benzene rings is 1. The molecule has 1 unspecified atom stereocenters. The molecule has 0 radical (unpaired) electrons. The molecule has 0 saturated carbocycles. The number of nitrogens with zero attached hydrogens (tertiary/aromatic N) is 4. The number of carbonyl (C=O) groups is 1. The lowest BCUT2D eigenvalue weighted by atomic mass is 10.1. The molecule has 2 atom stereocenters. The summed E-state index contributed by atoms with van der Waals surface area (Å²) in [5.41, 5.74) is -0.413. The maximum atomic E-state index is 15.3. The molecule has 2 aromatic rings. The van der Waals surface area contributed by atoms with Gasteiger partial charge in [0, 0.05) is 31.3 Å². The molecule has 3 aliphatic heterocycles. The number of aromatic nitrogens is 2. The normalized spacial score (nSPS) is 23.1. The molecule has 4 heterocycles. The predicted octanol–water partition coefficient (Wildman–Crippen LogP) is 5.33. The highest BCUT2D eigenvalue weighted by molar-refractivity contribution is 9.10. The Morgan fingerprint density at radius 2 is 1.83 bits per heavy atom. The summed E-state index contributed by atoms with van der Waals surface area (Å²) in [6, 6.07) is 1.77. The Balaban J connectivity index is 1.49. The minimum atomic E-state index is -0.561. The number of anilines is 1. The van der Waals surface area contributed by atoms with Crippen LogP contribution in [-0.4, -0.2) is 71.1 Å². The van der Waals surface area contributed by atoms with Crippen LogP contribution in [-0.2, 0) is 9.47 Å². The van der Waals surface area contributed by atoms with Crippen LogP contribution in [0.1, 0.15) is 46.5 Å². The second-order valence-corrected chi connectivity index (χ2v) is 11.5. The van der Waals surface area contributed by atoms with Gasteiger partial charge in [0.1, 0.15) is 23.0 Å². The summed E-state index contributed by atoms with van der Waals surface area (Å²) in [5.74, 6) is 0.00874. The average Bonchev–Trinajstić information content (AvgIpc) is 3.07. The van der Waals surface area contributed by atoms with Crippen LogP contribution in [0.3, 0.4) is 0 Å². The number of ether oxygens (including phenoxy) is 3. The fourth-order valence-corrected chi connectivity index (χ4v) is 5.56. The first-order valence-corrected chi connectivity index (χ1v) is 13.1. The second-order valence-electron chi connectivity index (χ2n) is 10.3. The van der Waals surface area contributed by atoms with E-state index in [4.69, 9.17) is 30.8 Å². The molecule has 2 bridgehead atoms. The van der Waals surface area contributed by atoms with E-state index >= 15 is 4.39 Å². The van der Waals surface area contributed by atoms with Crippen molar-refractivity contribution in [1.82, 2.24) is 14.9 Å². The Morgan fingerprint density at radius 3 is 2.46 bits per heavy atom. The predicted molar refractivity (Wildman–Crippen MR) is 134 cm³/mol. The smallest absolute Gasteiger partial charge is 0.410 e. The molecule has 190 valence electrons. The Bertz CT molecular complexity index is 1130. The number of fused-ring (bicyclic) bond motifs is 3. The van der Waals surface area contributed by atoms with Gasteiger partial charge in [-0.15, -0.1) is 0 Å². The maximum absolute atomic E-state index is 15.3. The van der Waals surface area contributed by atoms with Crippen molar-refractivity contribution in [3.05, 3.63) is 21.4 Å². The van der Waals surface area contributed by atoms with Crippen LogP contribution in [0.25, 0.3) is 10.9 Å². The van der Waals surface area contributed by atoms with Crippen LogP contribution >= 0.6 is 27.5 Å². The van der Waals surface area contributed by atoms with Crippen molar-refractivity contribution in [2.75, 3.05) is 31.2 Å². The van der Waals surface area contributed by atoms with Gasteiger partial charge in [-0.3, -0.25) is 4.90 Å². The van der Waals surface area contributed by atoms with E-state index in [-0.39, 0.29) is 45.3 Å². The second kappa shape index (κ2) is 9.52. The Hall–Kier alpha value is -1.91. The van der Waals surface area contributed by atoms with Crippen LogP contribution in [0.5, 0.6) is 6.01 Å². The first-order chi connectivity index (χ1) is 16.6. The van der Waals surface area contributed by atoms with Gasteiger partial charge in [-0.2, -0.15) is 9.97 Å². The molecule has 5 rings (SSSR count). The third-order valence-electron chi connectivity index (χ3n) is 6.61. The van der Waals surface area contributed by atoms with Crippen molar-refractivity contribution in [3.8, 4) is 6.01 Å². The number of halogens is 3. The highest BCUT2D eigenvalue weighted by atomic mass is 79.9. The van der Waals surface area contributed by atoms with E-state index < -0.39 is 11.4 Å². The topological polar surface area (TPSA) is 77.0 Å². The fraction of sp³-hybridized carbons (Fsp3) is 0.625. The van der Waals surface area contributed by atoms with Gasteiger partial charge in [-0.1, -0.05) is 11.6 Å². The molecule has 3 fully saturated rings. The zero-order valence-corrected chi connectivity index (χ0v) is 22.4. The van der Waals surface area contributed by atoms with Gasteiger partial charge >= 0.3 is 12.1 Å². The summed E-state index contributed by atoms with van der Waals surface area (Å²) >= 11 is 9.54. The SMILES string of the molecule is CC(C)(C)OC(=O)N1C2CC[C@@H]1CN(c1nc(OC3CCOCC3)nc3c(F)c(Br)c(Cl)cc13)C2. The highest BCUT2D eigenvalue weighted by Crippen LogP contribution is 2.39. The Kier molecular flexibility index (Phi) is 6.74. The van der Waals surface area contributed by atoms with Crippen molar-refractivity contribution < 1.29 is 23.4 Å². The summed E-state index contributed by atoms with van der Waals surface area (Å²) in [6.07, 6.45) is 2.81. The minimum absolute atomic E-state index is 0.0238. The molecule has 1 aromatic carbocycles. The summed E-state index contributed by atoms with van der Waals surface area (Å²) in [5, 5.41) is 0.758. The molecule has 0 aliphatic carbocycles. The molecular weight excluding hydrogens is 543 g/mol. The van der Waals surface area contributed by atoms with Gasteiger partial charge < -0.3 is 19.1 Å². The van der Waals surface area contributed by atoms with Gasteiger partial charge in [0.25, 0.3) is 0 Å². The molecule has 3 aliphatic rings. The Morgan fingerprint density at radius 1 is 1.17 bits per heavy atom. The van der Waals surface area contributed by atoms with Crippen molar-refractivity contribution >= 4 is 50.3 Å². The summed E-state index contributed by atoms with van der Waals surface area (Å²) in [6.45, 7) is 7.92. The molecule has 3 saturated heterocycles. The maximum Gasteiger partial charge on any atom is 0.410 e. The van der Waals surface area contributed by atoms with E-state index in [1.807, 2.05) is 25.7 Å². The number of hydrogen-bond donors (Lipinski definition) is 0. The van der Waals surface area contributed by atoms with Crippen LogP contribution < -0.4 is 9.64 Å². The van der Waals surface area contributed by atoms with Crippen molar-refractivity contribution in [1.29, 1.82) is 0 Å². The number of hydrogen-bond acceptors (Lipinski definition) is 7. The number of amides is 1. The van der Waals surface area contributed by atoms with Crippen LogP contribution in [0.4, 0.5) is 15.0 Å². The summed E-state index contributed by atoms with van der Waals surface area (Å²) in [7, 11) is 0. The molecule has 8 nitrogen and oxygen atoms in total. The lowest BCUT2D eigenvalue weighted by Gasteiger charge is -2.42. The van der Waals surface area contributed by atoms with E-state index in [1.54, 1.807) is 6.07 Å². The van der Waals surface area contributed by atoms with E-state index in [2.05, 4.69) is 25.8 Å². The molecule has 35 heavy (non-hydrogen) atoms. The first-order valence-electron chi connectivity index (χ1n) is 12.0. The standard InChI is InChI=1S/C24H29BrClFN4O4/c1-24(2,3)35-23(32)31-13-4-5-14(31)12-30(11-13)21-16-10-17(26)18(25)19(27)20(16)28-22(29-21)34-15-6-8-33-9-7-15/h10,13-15H,4-9,11-12H2,1-3H3/t13-,14?/m1/s1. The fourth-order valence-electron chi connectivity index (χ4n) is 5.06. The van der Waals surface area contributed by atoms with Crippen LogP contribution in [0.15, 0.2) is 10.5 Å². The largest absolute Gasteiger partial charge is 0.460 e. The molecule has 1 amide bonds. The third kappa shape index (κ3) is 5.02. The van der Waals surface area contributed by atoms with Gasteiger partial charge in [-0.25, -0.2) is 9.18 Å². The number of rotatable bonds is 3. The Labute approximate surface area is 217 Å².